The molecule has 0 radical (unpaired) electrons. The van der Waals surface area contributed by atoms with Crippen LogP contribution in [0.15, 0.2) is 29.9 Å². The molecule has 2 rings (SSSR count). The maximum Gasteiger partial charge on any atom is 0.270 e. The number of carbonyl (C=O) groups is 1. The Morgan fingerprint density at radius 2 is 2.44 bits per heavy atom. The van der Waals surface area contributed by atoms with Crippen LogP contribution in [0.3, 0.4) is 0 Å². The summed E-state index contributed by atoms with van der Waals surface area (Å²) in [5.74, 6) is -0.131. The molecule has 0 fully saturated rings. The Morgan fingerprint density at radius 1 is 1.56 bits per heavy atom. The first-order valence-electron chi connectivity index (χ1n) is 4.95. The molecular weight excluding hydrogens is 222 g/mol. The summed E-state index contributed by atoms with van der Waals surface area (Å²) in [4.78, 5) is 19.8. The smallest absolute Gasteiger partial charge is 0.270 e. The van der Waals surface area contributed by atoms with Crippen LogP contribution in [0.5, 0.6) is 0 Å². The third kappa shape index (κ3) is 2.25. The molecule has 5 heteroatoms. The van der Waals surface area contributed by atoms with E-state index in [1.807, 2.05) is 19.1 Å². The van der Waals surface area contributed by atoms with Crippen LogP contribution in [0, 0.1) is 0 Å². The summed E-state index contributed by atoms with van der Waals surface area (Å²) in [7, 11) is 0. The second-order valence-corrected chi connectivity index (χ2v) is 4.00. The van der Waals surface area contributed by atoms with E-state index in [9.17, 15) is 4.79 Å². The number of amides is 1. The van der Waals surface area contributed by atoms with Gasteiger partial charge in [-0.2, -0.15) is 0 Å². The minimum Gasteiger partial charge on any atom is -0.351 e. The molecule has 0 bridgehead atoms. The largest absolute Gasteiger partial charge is 0.351 e. The Hall–Kier alpha value is -1.75. The van der Waals surface area contributed by atoms with Gasteiger partial charge in [-0.3, -0.25) is 9.78 Å². The van der Waals surface area contributed by atoms with E-state index >= 15 is 0 Å². The Kier molecular flexibility index (Phi) is 3.26. The van der Waals surface area contributed by atoms with Crippen molar-refractivity contribution in [2.45, 2.75) is 6.92 Å². The lowest BCUT2D eigenvalue weighted by Crippen LogP contribution is -2.22. The fourth-order valence-corrected chi connectivity index (χ4v) is 2.04. The van der Waals surface area contributed by atoms with Gasteiger partial charge in [0.2, 0.25) is 0 Å². The van der Waals surface area contributed by atoms with Crippen molar-refractivity contribution >= 4 is 17.2 Å². The highest BCUT2D eigenvalue weighted by molar-refractivity contribution is 7.13. The molecule has 1 amide bonds. The standard InChI is InChI=1S/C11H11N3OS/c1-2-13-10(15)9-7-16-11(14-9)8-4-3-5-12-6-8/h3-7H,2H2,1H3,(H,13,15). The van der Waals surface area contributed by atoms with E-state index in [1.165, 1.54) is 11.3 Å². The molecule has 16 heavy (non-hydrogen) atoms. The minimum atomic E-state index is -0.131. The summed E-state index contributed by atoms with van der Waals surface area (Å²) in [5, 5.41) is 5.29. The van der Waals surface area contributed by atoms with E-state index < -0.39 is 0 Å². The van der Waals surface area contributed by atoms with Crippen LogP contribution in [0.1, 0.15) is 17.4 Å². The van der Waals surface area contributed by atoms with Gasteiger partial charge in [0.05, 0.1) is 0 Å². The zero-order valence-electron chi connectivity index (χ0n) is 8.80. The molecule has 0 aliphatic carbocycles. The predicted octanol–water partition coefficient (Wildman–Crippen LogP) is 1.95. The van der Waals surface area contributed by atoms with Crippen LogP contribution in [-0.4, -0.2) is 22.4 Å². The van der Waals surface area contributed by atoms with Crippen molar-refractivity contribution in [3.63, 3.8) is 0 Å². The van der Waals surface area contributed by atoms with Gasteiger partial charge in [-0.15, -0.1) is 11.3 Å². The third-order valence-corrected chi connectivity index (χ3v) is 2.87. The van der Waals surface area contributed by atoms with Crippen LogP contribution in [0.4, 0.5) is 0 Å². The second-order valence-electron chi connectivity index (χ2n) is 3.14. The Labute approximate surface area is 97.4 Å². The van der Waals surface area contributed by atoms with Crippen LogP contribution < -0.4 is 5.32 Å². The lowest BCUT2D eigenvalue weighted by molar-refractivity contribution is 0.0951. The summed E-state index contributed by atoms with van der Waals surface area (Å²) in [6, 6.07) is 3.77. The number of thiazole rings is 1. The minimum absolute atomic E-state index is 0.131. The van der Waals surface area contributed by atoms with Gasteiger partial charge in [0.1, 0.15) is 10.7 Å². The van der Waals surface area contributed by atoms with Crippen LogP contribution in [0.25, 0.3) is 10.6 Å². The summed E-state index contributed by atoms with van der Waals surface area (Å²) in [6.45, 7) is 2.49. The van der Waals surface area contributed by atoms with Gasteiger partial charge in [-0.1, -0.05) is 0 Å². The fourth-order valence-electron chi connectivity index (χ4n) is 1.25. The molecular formula is C11H11N3OS. The summed E-state index contributed by atoms with van der Waals surface area (Å²) >= 11 is 1.44. The van der Waals surface area contributed by atoms with E-state index in [0.29, 0.717) is 12.2 Å². The molecule has 0 aliphatic rings. The number of carbonyl (C=O) groups excluding carboxylic acids is 1. The number of hydrogen-bond acceptors (Lipinski definition) is 4. The van der Waals surface area contributed by atoms with Crippen LogP contribution in [0.2, 0.25) is 0 Å². The van der Waals surface area contributed by atoms with Crippen LogP contribution >= 0.6 is 11.3 Å². The molecule has 0 saturated heterocycles. The molecule has 1 N–H and O–H groups in total. The molecule has 0 unspecified atom stereocenters. The van der Waals surface area contributed by atoms with Crippen molar-refractivity contribution in [2.24, 2.45) is 0 Å². The molecule has 4 nitrogen and oxygen atoms in total. The van der Waals surface area contributed by atoms with Crippen molar-refractivity contribution in [1.82, 2.24) is 15.3 Å². The summed E-state index contributed by atoms with van der Waals surface area (Å²) in [6.07, 6.45) is 3.45. The Bertz CT molecular complexity index is 481. The molecule has 0 aliphatic heterocycles. The van der Waals surface area contributed by atoms with Gasteiger partial charge in [0.15, 0.2) is 0 Å². The Morgan fingerprint density at radius 3 is 3.12 bits per heavy atom. The zero-order valence-corrected chi connectivity index (χ0v) is 9.62. The van der Waals surface area contributed by atoms with Crippen molar-refractivity contribution in [3.05, 3.63) is 35.6 Å². The number of nitrogens with zero attached hydrogens (tertiary/aromatic N) is 2. The average Bonchev–Trinajstić information content (AvgIpc) is 2.80. The van der Waals surface area contributed by atoms with Gasteiger partial charge >= 0.3 is 0 Å². The molecule has 2 aromatic heterocycles. The van der Waals surface area contributed by atoms with E-state index in [0.717, 1.165) is 10.6 Å². The SMILES string of the molecule is CCNC(=O)c1csc(-c2cccnc2)n1. The van der Waals surface area contributed by atoms with Gasteiger partial charge in [0.25, 0.3) is 5.91 Å². The normalized spacial score (nSPS) is 10.1. The summed E-state index contributed by atoms with van der Waals surface area (Å²) < 4.78 is 0. The lowest BCUT2D eigenvalue weighted by Gasteiger charge is -1.96. The number of nitrogens with one attached hydrogen (secondary N) is 1. The number of aromatic nitrogens is 2. The zero-order chi connectivity index (χ0) is 11.4. The third-order valence-electron chi connectivity index (χ3n) is 1.98. The monoisotopic (exact) mass is 233 g/mol. The topological polar surface area (TPSA) is 54.9 Å². The van der Waals surface area contributed by atoms with Crippen molar-refractivity contribution in [2.75, 3.05) is 6.54 Å². The second kappa shape index (κ2) is 4.85. The molecule has 82 valence electrons. The fraction of sp³-hybridized carbons (Fsp3) is 0.182. The lowest BCUT2D eigenvalue weighted by atomic mass is 10.3. The average molecular weight is 233 g/mol. The van der Waals surface area contributed by atoms with E-state index in [2.05, 4.69) is 15.3 Å². The summed E-state index contributed by atoms with van der Waals surface area (Å²) in [5.41, 5.74) is 1.40. The predicted molar refractivity (Wildman–Crippen MR) is 63.4 cm³/mol. The number of pyridine rings is 1. The first kappa shape index (κ1) is 10.8. The van der Waals surface area contributed by atoms with Gasteiger partial charge in [-0.25, -0.2) is 4.98 Å². The van der Waals surface area contributed by atoms with Crippen molar-refractivity contribution < 1.29 is 4.79 Å². The highest BCUT2D eigenvalue weighted by Crippen LogP contribution is 2.22. The van der Waals surface area contributed by atoms with Crippen LogP contribution in [-0.2, 0) is 0 Å². The molecule has 0 saturated carbocycles. The molecule has 0 aromatic carbocycles. The molecule has 0 atom stereocenters. The van der Waals surface area contributed by atoms with E-state index in [1.54, 1.807) is 17.8 Å². The number of hydrogen-bond donors (Lipinski definition) is 1. The maximum absolute atomic E-state index is 11.5. The molecule has 2 aromatic rings. The first-order chi connectivity index (χ1) is 7.81. The molecule has 2 heterocycles. The Balaban J connectivity index is 2.23. The van der Waals surface area contributed by atoms with E-state index in [-0.39, 0.29) is 5.91 Å². The van der Waals surface area contributed by atoms with Gasteiger partial charge in [0, 0.05) is 29.9 Å². The van der Waals surface area contributed by atoms with Crippen molar-refractivity contribution in [1.29, 1.82) is 0 Å². The molecule has 0 spiro atoms. The maximum atomic E-state index is 11.5. The van der Waals surface area contributed by atoms with Gasteiger partial charge in [-0.05, 0) is 19.1 Å². The first-order valence-corrected chi connectivity index (χ1v) is 5.83. The highest BCUT2D eigenvalue weighted by atomic mass is 32.1. The van der Waals surface area contributed by atoms with Gasteiger partial charge < -0.3 is 5.32 Å². The van der Waals surface area contributed by atoms with Crippen molar-refractivity contribution in [3.8, 4) is 10.6 Å². The highest BCUT2D eigenvalue weighted by Gasteiger charge is 2.10. The van der Waals surface area contributed by atoms with E-state index in [4.69, 9.17) is 0 Å². The number of rotatable bonds is 3. The quantitative estimate of drug-likeness (QED) is 0.881.